The molecule has 0 aromatic heterocycles. The van der Waals surface area contributed by atoms with Crippen molar-refractivity contribution in [2.24, 2.45) is 0 Å². The van der Waals surface area contributed by atoms with E-state index in [-0.39, 0.29) is 5.91 Å². The number of nitrogens with zero attached hydrogens (tertiary/aromatic N) is 1. The maximum atomic E-state index is 11.4. The van der Waals surface area contributed by atoms with Crippen molar-refractivity contribution in [2.45, 2.75) is 26.2 Å². The third-order valence-corrected chi connectivity index (χ3v) is 3.46. The molecule has 4 heteroatoms. The maximum Gasteiger partial charge on any atom is 0.232 e. The molecule has 106 valence electrons. The number of benzene rings is 1. The van der Waals surface area contributed by atoms with Gasteiger partial charge in [0.05, 0.1) is 11.9 Å². The molecule has 0 aliphatic rings. The highest BCUT2D eigenvalue weighted by Gasteiger charge is 2.08. The molecule has 0 aliphatic carbocycles. The van der Waals surface area contributed by atoms with Gasteiger partial charge in [0.15, 0.2) is 0 Å². The average molecular weight is 328 g/mol. The first kappa shape index (κ1) is 16.0. The lowest BCUT2D eigenvalue weighted by Crippen LogP contribution is -2.29. The topological polar surface area (TPSA) is 29.5 Å². The fourth-order valence-electron chi connectivity index (χ4n) is 1.80. The van der Waals surface area contributed by atoms with Gasteiger partial charge >= 0.3 is 0 Å². The first-order chi connectivity index (χ1) is 9.06. The SMILES string of the molecule is CC(C)c1ccccc1OCCCN(C)C(=O)CBr. The van der Waals surface area contributed by atoms with Crippen LogP contribution in [0.3, 0.4) is 0 Å². The van der Waals surface area contributed by atoms with Crippen molar-refractivity contribution < 1.29 is 9.53 Å². The van der Waals surface area contributed by atoms with Gasteiger partial charge in [-0.3, -0.25) is 4.79 Å². The number of hydrogen-bond acceptors (Lipinski definition) is 2. The third kappa shape index (κ3) is 5.23. The van der Waals surface area contributed by atoms with Crippen molar-refractivity contribution in [1.82, 2.24) is 4.90 Å². The minimum absolute atomic E-state index is 0.0996. The van der Waals surface area contributed by atoms with Gasteiger partial charge in [0, 0.05) is 13.6 Å². The number of rotatable bonds is 7. The number of alkyl halides is 1. The molecule has 0 bridgehead atoms. The predicted molar refractivity (Wildman–Crippen MR) is 82.1 cm³/mol. The second-order valence-electron chi connectivity index (χ2n) is 4.84. The first-order valence-electron chi connectivity index (χ1n) is 6.58. The van der Waals surface area contributed by atoms with Crippen LogP contribution in [0.4, 0.5) is 0 Å². The molecule has 3 nitrogen and oxygen atoms in total. The van der Waals surface area contributed by atoms with Crippen molar-refractivity contribution in [1.29, 1.82) is 0 Å². The summed E-state index contributed by atoms with van der Waals surface area (Å²) in [6.45, 7) is 5.66. The quantitative estimate of drug-likeness (QED) is 0.567. The molecule has 0 saturated carbocycles. The number of carbonyl (C=O) groups excluding carboxylic acids is 1. The Kier molecular flexibility index (Phi) is 6.92. The average Bonchev–Trinajstić information content (AvgIpc) is 2.42. The van der Waals surface area contributed by atoms with Gasteiger partial charge in [-0.25, -0.2) is 0 Å². The Balaban J connectivity index is 2.40. The van der Waals surface area contributed by atoms with Crippen LogP contribution in [-0.2, 0) is 4.79 Å². The summed E-state index contributed by atoms with van der Waals surface area (Å²) in [5.41, 5.74) is 1.23. The monoisotopic (exact) mass is 327 g/mol. The summed E-state index contributed by atoms with van der Waals surface area (Å²) in [5, 5.41) is 0.376. The number of hydrogen-bond donors (Lipinski definition) is 0. The van der Waals surface area contributed by atoms with Crippen molar-refractivity contribution in [3.63, 3.8) is 0 Å². The highest BCUT2D eigenvalue weighted by Crippen LogP contribution is 2.25. The Hall–Kier alpha value is -1.03. The van der Waals surface area contributed by atoms with Crippen LogP contribution in [0.2, 0.25) is 0 Å². The van der Waals surface area contributed by atoms with E-state index in [1.165, 1.54) is 5.56 Å². The van der Waals surface area contributed by atoms with Gasteiger partial charge < -0.3 is 9.64 Å². The van der Waals surface area contributed by atoms with Crippen molar-refractivity contribution in [3.05, 3.63) is 29.8 Å². The van der Waals surface area contributed by atoms with Crippen LogP contribution in [0.15, 0.2) is 24.3 Å². The van der Waals surface area contributed by atoms with E-state index in [0.717, 1.165) is 12.2 Å². The second kappa shape index (κ2) is 8.20. The Labute approximate surface area is 124 Å². The third-order valence-electron chi connectivity index (χ3n) is 2.98. The highest BCUT2D eigenvalue weighted by molar-refractivity contribution is 9.09. The lowest BCUT2D eigenvalue weighted by Gasteiger charge is -2.17. The second-order valence-corrected chi connectivity index (χ2v) is 5.40. The van der Waals surface area contributed by atoms with E-state index >= 15 is 0 Å². The molecule has 0 atom stereocenters. The number of halogens is 1. The molecule has 0 fully saturated rings. The van der Waals surface area contributed by atoms with Gasteiger partial charge in [0.1, 0.15) is 5.75 Å². The normalized spacial score (nSPS) is 10.6. The van der Waals surface area contributed by atoms with E-state index in [4.69, 9.17) is 4.74 Å². The van der Waals surface area contributed by atoms with Crippen LogP contribution in [0, 0.1) is 0 Å². The largest absolute Gasteiger partial charge is 0.493 e. The molecule has 1 rings (SSSR count). The smallest absolute Gasteiger partial charge is 0.232 e. The van der Waals surface area contributed by atoms with Crippen LogP contribution in [-0.4, -0.2) is 36.3 Å². The van der Waals surface area contributed by atoms with Crippen LogP contribution >= 0.6 is 15.9 Å². The number of amides is 1. The maximum absolute atomic E-state index is 11.4. The Morgan fingerprint density at radius 1 is 1.37 bits per heavy atom. The van der Waals surface area contributed by atoms with Gasteiger partial charge in [-0.1, -0.05) is 48.0 Å². The van der Waals surface area contributed by atoms with E-state index in [9.17, 15) is 4.79 Å². The highest BCUT2D eigenvalue weighted by atomic mass is 79.9. The standard InChI is InChI=1S/C15H22BrNO2/c1-12(2)13-7-4-5-8-14(13)19-10-6-9-17(3)15(18)11-16/h4-5,7-8,12H,6,9-11H2,1-3H3. The molecule has 1 aromatic carbocycles. The summed E-state index contributed by atoms with van der Waals surface area (Å²) in [6.07, 6.45) is 0.835. The Bertz CT molecular complexity index is 407. The molecule has 0 saturated heterocycles. The van der Waals surface area contributed by atoms with Crippen LogP contribution in [0.1, 0.15) is 31.7 Å². The fourth-order valence-corrected chi connectivity index (χ4v) is 2.23. The molecule has 1 amide bonds. The number of para-hydroxylation sites is 1. The van der Waals surface area contributed by atoms with Crippen molar-refractivity contribution in [2.75, 3.05) is 25.5 Å². The summed E-state index contributed by atoms with van der Waals surface area (Å²) in [4.78, 5) is 13.1. The summed E-state index contributed by atoms with van der Waals surface area (Å²) in [6, 6.07) is 8.12. The lowest BCUT2D eigenvalue weighted by molar-refractivity contribution is -0.127. The zero-order valence-electron chi connectivity index (χ0n) is 11.9. The summed E-state index contributed by atoms with van der Waals surface area (Å²) < 4.78 is 5.81. The molecular weight excluding hydrogens is 306 g/mol. The molecular formula is C15H22BrNO2. The fraction of sp³-hybridized carbons (Fsp3) is 0.533. The zero-order valence-corrected chi connectivity index (χ0v) is 13.4. The summed E-state index contributed by atoms with van der Waals surface area (Å²) in [7, 11) is 1.81. The Morgan fingerprint density at radius 3 is 2.68 bits per heavy atom. The van der Waals surface area contributed by atoms with E-state index in [2.05, 4.69) is 35.8 Å². The van der Waals surface area contributed by atoms with Crippen LogP contribution < -0.4 is 4.74 Å². The molecule has 0 N–H and O–H groups in total. The van der Waals surface area contributed by atoms with Gasteiger partial charge in [-0.2, -0.15) is 0 Å². The first-order valence-corrected chi connectivity index (χ1v) is 7.70. The zero-order chi connectivity index (χ0) is 14.3. The molecule has 0 aliphatic heterocycles. The predicted octanol–water partition coefficient (Wildman–Crippen LogP) is 3.43. The van der Waals surface area contributed by atoms with Crippen molar-refractivity contribution >= 4 is 21.8 Å². The number of carbonyl (C=O) groups is 1. The molecule has 0 spiro atoms. The minimum atomic E-state index is 0.0996. The van der Waals surface area contributed by atoms with E-state index in [0.29, 0.717) is 24.4 Å². The molecule has 0 heterocycles. The minimum Gasteiger partial charge on any atom is -0.493 e. The number of ether oxygens (including phenoxy) is 1. The van der Waals surface area contributed by atoms with E-state index in [1.54, 1.807) is 4.90 Å². The van der Waals surface area contributed by atoms with Gasteiger partial charge in [0.2, 0.25) is 5.91 Å². The molecule has 19 heavy (non-hydrogen) atoms. The molecule has 0 unspecified atom stereocenters. The van der Waals surface area contributed by atoms with Gasteiger partial charge in [-0.05, 0) is 24.0 Å². The Morgan fingerprint density at radius 2 is 2.05 bits per heavy atom. The van der Waals surface area contributed by atoms with Crippen LogP contribution in [0.5, 0.6) is 5.75 Å². The molecule has 1 aromatic rings. The van der Waals surface area contributed by atoms with E-state index in [1.807, 2.05) is 25.2 Å². The lowest BCUT2D eigenvalue weighted by atomic mass is 10.0. The van der Waals surface area contributed by atoms with Crippen LogP contribution in [0.25, 0.3) is 0 Å². The summed E-state index contributed by atoms with van der Waals surface area (Å²) in [5.74, 6) is 1.50. The van der Waals surface area contributed by atoms with Crippen molar-refractivity contribution in [3.8, 4) is 5.75 Å². The molecule has 0 radical (unpaired) electrons. The summed E-state index contributed by atoms with van der Waals surface area (Å²) >= 11 is 3.16. The van der Waals surface area contributed by atoms with E-state index < -0.39 is 0 Å². The van der Waals surface area contributed by atoms with Gasteiger partial charge in [-0.15, -0.1) is 0 Å². The van der Waals surface area contributed by atoms with Gasteiger partial charge in [0.25, 0.3) is 0 Å².